The fraction of sp³-hybridized carbons (Fsp3) is 0.600. The van der Waals surface area contributed by atoms with Gasteiger partial charge in [0.25, 0.3) is 0 Å². The highest BCUT2D eigenvalue weighted by Crippen LogP contribution is 2.16. The van der Waals surface area contributed by atoms with Crippen LogP contribution in [-0.2, 0) is 10.8 Å². The molecule has 1 rings (SSSR count). The van der Waals surface area contributed by atoms with Gasteiger partial charge in [0.05, 0.1) is 20.3 Å². The summed E-state index contributed by atoms with van der Waals surface area (Å²) >= 11 is 0. The number of rotatable bonds is 7. The summed E-state index contributed by atoms with van der Waals surface area (Å²) in [5.41, 5.74) is 0. The first-order chi connectivity index (χ1) is 8.19. The van der Waals surface area contributed by atoms with E-state index < -0.39 is 10.8 Å². The van der Waals surface area contributed by atoms with E-state index >= 15 is 0 Å². The van der Waals surface area contributed by atoms with Crippen molar-refractivity contribution in [2.24, 2.45) is 0 Å². The molecule has 0 aromatic carbocycles. The lowest BCUT2D eigenvalue weighted by molar-refractivity contribution is 0.373. The van der Waals surface area contributed by atoms with Gasteiger partial charge in [-0.1, -0.05) is 6.92 Å². The number of hydrogen-bond donors (Lipinski definition) is 1. The number of hydrogen-bond acceptors (Lipinski definition) is 6. The molecule has 17 heavy (non-hydrogen) atoms. The maximum Gasteiger partial charge on any atom is 0.229 e. The zero-order chi connectivity index (χ0) is 12.7. The second kappa shape index (κ2) is 7.05. The molecule has 1 unspecified atom stereocenters. The fourth-order valence-corrected chi connectivity index (χ4v) is 1.73. The van der Waals surface area contributed by atoms with Crippen LogP contribution in [0.5, 0.6) is 11.8 Å². The second-order valence-electron chi connectivity index (χ2n) is 3.14. The van der Waals surface area contributed by atoms with Crippen molar-refractivity contribution in [1.29, 1.82) is 0 Å². The van der Waals surface area contributed by atoms with E-state index in [4.69, 9.17) is 9.47 Å². The van der Waals surface area contributed by atoms with Gasteiger partial charge in [-0.2, -0.15) is 9.97 Å². The minimum atomic E-state index is -0.795. The van der Waals surface area contributed by atoms with Crippen molar-refractivity contribution in [2.45, 2.75) is 6.92 Å². The highest BCUT2D eigenvalue weighted by molar-refractivity contribution is 7.84. The van der Waals surface area contributed by atoms with Crippen LogP contribution in [0.2, 0.25) is 0 Å². The third-order valence-corrected chi connectivity index (χ3v) is 3.34. The predicted octanol–water partition coefficient (Wildman–Crippen LogP) is 0.674. The summed E-state index contributed by atoms with van der Waals surface area (Å²) in [7, 11) is 2.26. The van der Waals surface area contributed by atoms with Crippen LogP contribution in [0.25, 0.3) is 0 Å². The molecule has 1 N–H and O–H groups in total. The lowest BCUT2D eigenvalue weighted by Gasteiger charge is -2.07. The highest BCUT2D eigenvalue weighted by atomic mass is 32.2. The van der Waals surface area contributed by atoms with Crippen LogP contribution in [0.4, 0.5) is 5.95 Å². The van der Waals surface area contributed by atoms with E-state index in [1.165, 1.54) is 14.2 Å². The van der Waals surface area contributed by atoms with Crippen LogP contribution in [0.15, 0.2) is 6.07 Å². The molecule has 1 heterocycles. The van der Waals surface area contributed by atoms with Crippen molar-refractivity contribution < 1.29 is 13.7 Å². The van der Waals surface area contributed by atoms with Crippen molar-refractivity contribution >= 4 is 16.7 Å². The molecular weight excluding hydrogens is 242 g/mol. The zero-order valence-electron chi connectivity index (χ0n) is 10.2. The van der Waals surface area contributed by atoms with Gasteiger partial charge < -0.3 is 14.8 Å². The molecule has 0 aliphatic rings. The first-order valence-corrected chi connectivity index (χ1v) is 6.74. The van der Waals surface area contributed by atoms with Crippen molar-refractivity contribution in [3.63, 3.8) is 0 Å². The van der Waals surface area contributed by atoms with Gasteiger partial charge in [-0.05, 0) is 0 Å². The van der Waals surface area contributed by atoms with E-state index in [0.29, 0.717) is 35.8 Å². The molecular formula is C10H17N3O3S. The summed E-state index contributed by atoms with van der Waals surface area (Å²) in [5.74, 6) is 2.49. The third-order valence-electron chi connectivity index (χ3n) is 2.03. The predicted molar refractivity (Wildman–Crippen MR) is 67.2 cm³/mol. The largest absolute Gasteiger partial charge is 0.481 e. The summed E-state index contributed by atoms with van der Waals surface area (Å²) < 4.78 is 21.3. The summed E-state index contributed by atoms with van der Waals surface area (Å²) in [6, 6.07) is 1.59. The van der Waals surface area contributed by atoms with Crippen LogP contribution in [0, 0.1) is 0 Å². The van der Waals surface area contributed by atoms with E-state index in [1.54, 1.807) is 6.07 Å². The highest BCUT2D eigenvalue weighted by Gasteiger charge is 2.05. The Labute approximate surface area is 103 Å². The molecule has 0 spiro atoms. The normalized spacial score (nSPS) is 11.9. The van der Waals surface area contributed by atoms with Gasteiger partial charge in [0.15, 0.2) is 0 Å². The first kappa shape index (κ1) is 13.7. The van der Waals surface area contributed by atoms with Crippen LogP contribution in [0.1, 0.15) is 6.92 Å². The minimum absolute atomic E-state index is 0.411. The van der Waals surface area contributed by atoms with Crippen molar-refractivity contribution in [2.75, 3.05) is 37.6 Å². The Balaban J connectivity index is 2.60. The molecule has 0 fully saturated rings. The Kier molecular flexibility index (Phi) is 5.68. The molecule has 1 aromatic heterocycles. The molecule has 0 bridgehead atoms. The Morgan fingerprint density at radius 2 is 1.88 bits per heavy atom. The monoisotopic (exact) mass is 259 g/mol. The smallest absolute Gasteiger partial charge is 0.229 e. The molecule has 0 radical (unpaired) electrons. The molecule has 0 amide bonds. The molecule has 0 aliphatic carbocycles. The Bertz CT molecular complexity index is 365. The van der Waals surface area contributed by atoms with Gasteiger partial charge in [-0.3, -0.25) is 4.21 Å². The quantitative estimate of drug-likeness (QED) is 0.776. The zero-order valence-corrected chi connectivity index (χ0v) is 11.0. The van der Waals surface area contributed by atoms with E-state index in [0.717, 1.165) is 0 Å². The molecule has 7 heteroatoms. The van der Waals surface area contributed by atoms with E-state index in [1.807, 2.05) is 6.92 Å². The summed E-state index contributed by atoms with van der Waals surface area (Å²) in [6.45, 7) is 2.44. The van der Waals surface area contributed by atoms with Gasteiger partial charge in [0, 0.05) is 28.9 Å². The number of methoxy groups -OCH3 is 2. The number of aromatic nitrogens is 2. The topological polar surface area (TPSA) is 73.3 Å². The van der Waals surface area contributed by atoms with E-state index in [9.17, 15) is 4.21 Å². The van der Waals surface area contributed by atoms with Crippen LogP contribution in [0.3, 0.4) is 0 Å². The molecule has 0 saturated carbocycles. The molecule has 96 valence electrons. The number of nitrogens with zero attached hydrogens (tertiary/aromatic N) is 2. The first-order valence-electron chi connectivity index (χ1n) is 5.25. The van der Waals surface area contributed by atoms with Crippen molar-refractivity contribution in [3.05, 3.63) is 6.07 Å². The lowest BCUT2D eigenvalue weighted by atomic mass is 10.6. The minimum Gasteiger partial charge on any atom is -0.481 e. The van der Waals surface area contributed by atoms with Crippen LogP contribution in [-0.4, -0.2) is 46.4 Å². The summed E-state index contributed by atoms with van der Waals surface area (Å²) in [4.78, 5) is 8.20. The molecule has 1 atom stereocenters. The average Bonchev–Trinajstić information content (AvgIpc) is 2.37. The number of anilines is 1. The average molecular weight is 259 g/mol. The lowest BCUT2D eigenvalue weighted by Crippen LogP contribution is -2.14. The van der Waals surface area contributed by atoms with Gasteiger partial charge in [0.1, 0.15) is 0 Å². The van der Waals surface area contributed by atoms with Crippen molar-refractivity contribution in [1.82, 2.24) is 9.97 Å². The molecule has 1 aromatic rings. The summed E-state index contributed by atoms with van der Waals surface area (Å²) in [6.07, 6.45) is 0. The maximum absolute atomic E-state index is 11.2. The standard InChI is InChI=1S/C10H17N3O3S/c1-4-17(14)6-5-11-10-12-8(15-2)7-9(13-10)16-3/h7H,4-6H2,1-3H3,(H,11,12,13). The third kappa shape index (κ3) is 4.56. The Morgan fingerprint density at radius 3 is 2.35 bits per heavy atom. The van der Waals surface area contributed by atoms with Crippen LogP contribution >= 0.6 is 0 Å². The molecule has 0 saturated heterocycles. The second-order valence-corrected chi connectivity index (χ2v) is 5.00. The van der Waals surface area contributed by atoms with E-state index in [-0.39, 0.29) is 0 Å². The fourth-order valence-electron chi connectivity index (χ4n) is 1.11. The van der Waals surface area contributed by atoms with E-state index in [2.05, 4.69) is 15.3 Å². The maximum atomic E-state index is 11.2. The van der Waals surface area contributed by atoms with Crippen LogP contribution < -0.4 is 14.8 Å². The number of nitrogens with one attached hydrogen (secondary N) is 1. The summed E-state index contributed by atoms with van der Waals surface area (Å²) in [5, 5.41) is 2.98. The van der Waals surface area contributed by atoms with Crippen molar-refractivity contribution in [3.8, 4) is 11.8 Å². The SMILES string of the molecule is CCS(=O)CCNc1nc(OC)cc(OC)n1. The Hall–Kier alpha value is -1.37. The molecule has 6 nitrogen and oxygen atoms in total. The van der Waals surface area contributed by atoms with Gasteiger partial charge in [-0.25, -0.2) is 0 Å². The van der Waals surface area contributed by atoms with Gasteiger partial charge in [-0.15, -0.1) is 0 Å². The molecule has 0 aliphatic heterocycles. The number of ether oxygens (including phenoxy) is 2. The Morgan fingerprint density at radius 1 is 1.29 bits per heavy atom. The van der Waals surface area contributed by atoms with Gasteiger partial charge in [0.2, 0.25) is 17.7 Å². The van der Waals surface area contributed by atoms with Gasteiger partial charge >= 0.3 is 0 Å².